The van der Waals surface area contributed by atoms with Crippen molar-refractivity contribution >= 4 is 11.8 Å². The number of amides is 2. The molecular formula is C34H43N3O4. The van der Waals surface area contributed by atoms with Gasteiger partial charge in [-0.15, -0.1) is 0 Å². The van der Waals surface area contributed by atoms with Gasteiger partial charge in [-0.25, -0.2) is 0 Å². The lowest BCUT2D eigenvalue weighted by atomic mass is 9.91. The van der Waals surface area contributed by atoms with Crippen LogP contribution in [0.3, 0.4) is 0 Å². The molecule has 0 fully saturated rings. The molecule has 1 atom stereocenters. The van der Waals surface area contributed by atoms with Crippen molar-refractivity contribution in [3.05, 3.63) is 95.1 Å². The number of benzene rings is 3. The van der Waals surface area contributed by atoms with Crippen LogP contribution in [0, 0.1) is 0 Å². The zero-order valence-corrected chi connectivity index (χ0v) is 24.9. The second-order valence-corrected chi connectivity index (χ2v) is 11.1. The number of nitrogens with one attached hydrogen (secondary N) is 1. The van der Waals surface area contributed by atoms with Crippen molar-refractivity contribution in [1.29, 1.82) is 0 Å². The number of rotatable bonds is 12. The standard InChI is InChI=1S/C34H43N3O4/c1-24(2)36(25(3)4)20-18-35-34(39)33-31-16-15-30(41-23-27-9-7-6-8-10-27)22-28(31)17-19-37(33)32(38)21-26-11-13-29(40-5)14-12-26/h6-16,22,24-25,33H,17-21,23H2,1-5H3,(H,35,39). The van der Waals surface area contributed by atoms with Crippen molar-refractivity contribution in [2.45, 2.75) is 65.3 Å². The summed E-state index contributed by atoms with van der Waals surface area (Å²) >= 11 is 0. The Morgan fingerprint density at radius 2 is 1.61 bits per heavy atom. The van der Waals surface area contributed by atoms with E-state index < -0.39 is 6.04 Å². The van der Waals surface area contributed by atoms with Crippen LogP contribution in [-0.2, 0) is 29.0 Å². The maximum absolute atomic E-state index is 13.8. The van der Waals surface area contributed by atoms with E-state index in [0.717, 1.165) is 40.3 Å². The first kappa shape index (κ1) is 30.1. The fourth-order valence-corrected chi connectivity index (χ4v) is 5.52. The Labute approximate surface area is 244 Å². The van der Waals surface area contributed by atoms with Gasteiger partial charge in [0.25, 0.3) is 0 Å². The topological polar surface area (TPSA) is 71.1 Å². The van der Waals surface area contributed by atoms with Gasteiger partial charge in [0, 0.05) is 31.7 Å². The highest BCUT2D eigenvalue weighted by atomic mass is 16.5. The molecule has 3 aromatic rings. The highest BCUT2D eigenvalue weighted by Gasteiger charge is 2.36. The molecule has 1 N–H and O–H groups in total. The zero-order chi connectivity index (χ0) is 29.4. The van der Waals surface area contributed by atoms with Gasteiger partial charge in [-0.1, -0.05) is 48.5 Å². The van der Waals surface area contributed by atoms with Crippen LogP contribution in [0.4, 0.5) is 0 Å². The average molecular weight is 558 g/mol. The van der Waals surface area contributed by atoms with E-state index in [4.69, 9.17) is 9.47 Å². The van der Waals surface area contributed by atoms with E-state index in [9.17, 15) is 9.59 Å². The molecule has 1 heterocycles. The lowest BCUT2D eigenvalue weighted by Crippen LogP contribution is -2.49. The van der Waals surface area contributed by atoms with Crippen molar-refractivity contribution in [3.8, 4) is 11.5 Å². The quantitative estimate of drug-likeness (QED) is 0.332. The number of methoxy groups -OCH3 is 1. The molecule has 2 amide bonds. The van der Waals surface area contributed by atoms with E-state index in [-0.39, 0.29) is 18.2 Å². The van der Waals surface area contributed by atoms with Gasteiger partial charge < -0.3 is 19.7 Å². The second kappa shape index (κ2) is 14.2. The minimum Gasteiger partial charge on any atom is -0.497 e. The molecule has 41 heavy (non-hydrogen) atoms. The molecular weight excluding hydrogens is 514 g/mol. The maximum Gasteiger partial charge on any atom is 0.247 e. The van der Waals surface area contributed by atoms with Crippen molar-refractivity contribution in [3.63, 3.8) is 0 Å². The molecule has 0 spiro atoms. The molecule has 0 aromatic heterocycles. The minimum absolute atomic E-state index is 0.0728. The summed E-state index contributed by atoms with van der Waals surface area (Å²) in [5.74, 6) is 1.28. The molecule has 0 saturated heterocycles. The molecule has 218 valence electrons. The summed E-state index contributed by atoms with van der Waals surface area (Å²) in [6.45, 7) is 10.8. The number of hydrogen-bond acceptors (Lipinski definition) is 5. The monoisotopic (exact) mass is 557 g/mol. The van der Waals surface area contributed by atoms with Crippen LogP contribution in [0.1, 0.15) is 56.0 Å². The fraction of sp³-hybridized carbons (Fsp3) is 0.412. The van der Waals surface area contributed by atoms with Gasteiger partial charge in [0.15, 0.2) is 0 Å². The summed E-state index contributed by atoms with van der Waals surface area (Å²) in [6.07, 6.45) is 0.875. The molecule has 3 aromatic carbocycles. The molecule has 1 unspecified atom stereocenters. The molecule has 1 aliphatic heterocycles. The number of hydrogen-bond donors (Lipinski definition) is 1. The van der Waals surface area contributed by atoms with E-state index in [2.05, 4.69) is 37.9 Å². The van der Waals surface area contributed by atoms with Crippen LogP contribution in [0.15, 0.2) is 72.8 Å². The van der Waals surface area contributed by atoms with E-state index in [1.165, 1.54) is 0 Å². The number of ether oxygens (including phenoxy) is 2. The highest BCUT2D eigenvalue weighted by Crippen LogP contribution is 2.33. The summed E-state index contributed by atoms with van der Waals surface area (Å²) < 4.78 is 11.3. The molecule has 7 heteroatoms. The highest BCUT2D eigenvalue weighted by molar-refractivity contribution is 5.90. The first-order chi connectivity index (χ1) is 19.8. The number of carbonyl (C=O) groups excluding carboxylic acids is 2. The van der Waals surface area contributed by atoms with Crippen LogP contribution < -0.4 is 14.8 Å². The number of fused-ring (bicyclic) bond motifs is 1. The maximum atomic E-state index is 13.8. The van der Waals surface area contributed by atoms with Crippen LogP contribution >= 0.6 is 0 Å². The Kier molecular flexibility index (Phi) is 10.4. The average Bonchev–Trinajstić information content (AvgIpc) is 2.97. The van der Waals surface area contributed by atoms with Crippen LogP contribution in [0.25, 0.3) is 0 Å². The molecule has 0 bridgehead atoms. The van der Waals surface area contributed by atoms with Gasteiger partial charge in [0.2, 0.25) is 11.8 Å². The van der Waals surface area contributed by atoms with E-state index in [1.54, 1.807) is 12.0 Å². The van der Waals surface area contributed by atoms with Gasteiger partial charge in [-0.3, -0.25) is 14.5 Å². The van der Waals surface area contributed by atoms with Gasteiger partial charge in [-0.2, -0.15) is 0 Å². The summed E-state index contributed by atoms with van der Waals surface area (Å²) in [6, 6.07) is 23.4. The SMILES string of the molecule is COc1ccc(CC(=O)N2CCc3cc(OCc4ccccc4)ccc3C2C(=O)NCCN(C(C)C)C(C)C)cc1. The summed E-state index contributed by atoms with van der Waals surface area (Å²) in [5, 5.41) is 3.14. The van der Waals surface area contributed by atoms with Gasteiger partial charge in [0.05, 0.1) is 13.5 Å². The normalized spacial score (nSPS) is 14.7. The first-order valence-electron chi connectivity index (χ1n) is 14.5. The Balaban J connectivity index is 1.53. The molecule has 7 nitrogen and oxygen atoms in total. The summed E-state index contributed by atoms with van der Waals surface area (Å²) in [5.41, 5.74) is 3.87. The third-order valence-corrected chi connectivity index (χ3v) is 7.67. The predicted molar refractivity (Wildman–Crippen MR) is 162 cm³/mol. The summed E-state index contributed by atoms with van der Waals surface area (Å²) in [7, 11) is 1.62. The second-order valence-electron chi connectivity index (χ2n) is 11.1. The smallest absolute Gasteiger partial charge is 0.247 e. The van der Waals surface area contributed by atoms with Crippen molar-refractivity contribution in [1.82, 2.24) is 15.1 Å². The van der Waals surface area contributed by atoms with Gasteiger partial charge in [-0.05, 0) is 80.6 Å². The van der Waals surface area contributed by atoms with E-state index >= 15 is 0 Å². The Bertz CT molecular complexity index is 1280. The van der Waals surface area contributed by atoms with Gasteiger partial charge in [0.1, 0.15) is 24.1 Å². The fourth-order valence-electron chi connectivity index (χ4n) is 5.52. The largest absolute Gasteiger partial charge is 0.497 e. The van der Waals surface area contributed by atoms with Gasteiger partial charge >= 0.3 is 0 Å². The van der Waals surface area contributed by atoms with Crippen molar-refractivity contribution in [2.75, 3.05) is 26.7 Å². The van der Waals surface area contributed by atoms with E-state index in [0.29, 0.717) is 38.2 Å². The minimum atomic E-state index is -0.695. The third kappa shape index (κ3) is 7.88. The molecule has 0 saturated carbocycles. The number of carbonyl (C=O) groups is 2. The number of nitrogens with zero attached hydrogens (tertiary/aromatic N) is 2. The van der Waals surface area contributed by atoms with Crippen molar-refractivity contribution < 1.29 is 19.1 Å². The van der Waals surface area contributed by atoms with Crippen LogP contribution in [-0.4, -0.2) is 60.4 Å². The molecule has 4 rings (SSSR count). The zero-order valence-electron chi connectivity index (χ0n) is 24.9. The Morgan fingerprint density at radius 3 is 2.27 bits per heavy atom. The Hall–Kier alpha value is -3.84. The molecule has 0 radical (unpaired) electrons. The Morgan fingerprint density at radius 1 is 0.927 bits per heavy atom. The molecule has 1 aliphatic rings. The van der Waals surface area contributed by atoms with Crippen molar-refractivity contribution in [2.24, 2.45) is 0 Å². The van der Waals surface area contributed by atoms with Crippen LogP contribution in [0.2, 0.25) is 0 Å². The third-order valence-electron chi connectivity index (χ3n) is 7.67. The summed E-state index contributed by atoms with van der Waals surface area (Å²) in [4.78, 5) is 31.4. The predicted octanol–water partition coefficient (Wildman–Crippen LogP) is 5.18. The molecule has 0 aliphatic carbocycles. The lowest BCUT2D eigenvalue weighted by Gasteiger charge is -2.37. The van der Waals surface area contributed by atoms with E-state index in [1.807, 2.05) is 72.8 Å². The van der Waals surface area contributed by atoms with Crippen LogP contribution in [0.5, 0.6) is 11.5 Å². The lowest BCUT2D eigenvalue weighted by molar-refractivity contribution is -0.141. The first-order valence-corrected chi connectivity index (χ1v) is 14.5.